The Balaban J connectivity index is 2.62. The molecule has 0 aliphatic heterocycles. The fourth-order valence-corrected chi connectivity index (χ4v) is 3.18. The Labute approximate surface area is 147 Å². The van der Waals surface area contributed by atoms with Gasteiger partial charge in [0.1, 0.15) is 5.75 Å². The number of hydrogen-bond donors (Lipinski definition) is 2. The number of urea groups is 1. The second-order valence-electron chi connectivity index (χ2n) is 8.67. The number of hydrogen-bond acceptors (Lipinski definition) is 2. The van der Waals surface area contributed by atoms with Crippen molar-refractivity contribution in [3.8, 4) is 5.75 Å². The number of rotatable bonds is 6. The molecule has 1 aromatic rings. The van der Waals surface area contributed by atoms with Crippen molar-refractivity contribution in [1.29, 1.82) is 0 Å². The molecule has 0 aliphatic carbocycles. The molecular formula is C20H34N2O2. The molecule has 0 spiro atoms. The molecule has 1 atom stereocenters. The van der Waals surface area contributed by atoms with Crippen LogP contribution >= 0.6 is 0 Å². The van der Waals surface area contributed by atoms with Gasteiger partial charge in [-0.15, -0.1) is 0 Å². The van der Waals surface area contributed by atoms with Crippen LogP contribution in [0.15, 0.2) is 24.3 Å². The van der Waals surface area contributed by atoms with Gasteiger partial charge in [0.2, 0.25) is 0 Å². The molecule has 0 heterocycles. The lowest BCUT2D eigenvalue weighted by atomic mass is 9.82. The highest BCUT2D eigenvalue weighted by atomic mass is 16.5. The van der Waals surface area contributed by atoms with Gasteiger partial charge in [-0.1, -0.05) is 52.8 Å². The zero-order valence-electron chi connectivity index (χ0n) is 16.5. The highest BCUT2D eigenvalue weighted by molar-refractivity contribution is 5.74. The van der Waals surface area contributed by atoms with E-state index >= 15 is 0 Å². The van der Waals surface area contributed by atoms with E-state index in [0.717, 1.165) is 17.7 Å². The van der Waals surface area contributed by atoms with Crippen LogP contribution in [0.25, 0.3) is 0 Å². The molecule has 4 nitrogen and oxygen atoms in total. The van der Waals surface area contributed by atoms with Crippen molar-refractivity contribution in [2.75, 3.05) is 0 Å². The number of para-hydroxylation sites is 1. The van der Waals surface area contributed by atoms with Gasteiger partial charge < -0.3 is 15.4 Å². The van der Waals surface area contributed by atoms with Crippen LogP contribution in [0.3, 0.4) is 0 Å². The summed E-state index contributed by atoms with van der Waals surface area (Å²) in [6, 6.07) is 7.73. The molecule has 0 aromatic heterocycles. The summed E-state index contributed by atoms with van der Waals surface area (Å²) in [5.41, 5.74) is 1.01. The molecular weight excluding hydrogens is 300 g/mol. The molecule has 24 heavy (non-hydrogen) atoms. The first-order valence-electron chi connectivity index (χ1n) is 8.74. The van der Waals surface area contributed by atoms with Crippen LogP contribution in [0.4, 0.5) is 4.79 Å². The Morgan fingerprint density at radius 1 is 1.08 bits per heavy atom. The molecule has 2 amide bonds. The lowest BCUT2D eigenvalue weighted by Gasteiger charge is -2.33. The fourth-order valence-electron chi connectivity index (χ4n) is 3.18. The molecule has 0 radical (unpaired) electrons. The first kappa shape index (κ1) is 20.3. The van der Waals surface area contributed by atoms with Gasteiger partial charge in [-0.2, -0.15) is 0 Å². The third kappa shape index (κ3) is 7.24. The first-order chi connectivity index (χ1) is 10.9. The summed E-state index contributed by atoms with van der Waals surface area (Å²) in [7, 11) is 0. The van der Waals surface area contributed by atoms with E-state index in [1.54, 1.807) is 0 Å². The van der Waals surface area contributed by atoms with Gasteiger partial charge in [0.05, 0.1) is 0 Å². The molecule has 0 fully saturated rings. The van der Waals surface area contributed by atoms with Gasteiger partial charge in [0.25, 0.3) is 0 Å². The van der Waals surface area contributed by atoms with Crippen LogP contribution in [0, 0.1) is 5.41 Å². The largest absolute Gasteiger partial charge is 0.471 e. The Kier molecular flexibility index (Phi) is 6.70. The minimum atomic E-state index is -0.407. The molecule has 1 unspecified atom stereocenters. The molecule has 2 N–H and O–H groups in total. The molecule has 0 aliphatic rings. The molecule has 4 heteroatoms. The molecule has 0 saturated heterocycles. The van der Waals surface area contributed by atoms with Crippen molar-refractivity contribution in [3.63, 3.8) is 0 Å². The predicted octanol–water partition coefficient (Wildman–Crippen LogP) is 5.05. The second kappa shape index (κ2) is 7.91. The number of carbonyl (C=O) groups is 1. The van der Waals surface area contributed by atoms with E-state index in [4.69, 9.17) is 4.74 Å². The van der Waals surface area contributed by atoms with Crippen LogP contribution in [0.5, 0.6) is 5.75 Å². The minimum Gasteiger partial charge on any atom is -0.471 e. The van der Waals surface area contributed by atoms with Crippen LogP contribution in [-0.4, -0.2) is 17.8 Å². The Hall–Kier alpha value is -1.71. The van der Waals surface area contributed by atoms with E-state index < -0.39 is 6.23 Å². The zero-order valence-corrected chi connectivity index (χ0v) is 16.5. The lowest BCUT2D eigenvalue weighted by Crippen LogP contribution is -2.52. The number of amides is 2. The van der Waals surface area contributed by atoms with Crippen LogP contribution in [0.1, 0.15) is 73.3 Å². The van der Waals surface area contributed by atoms with Crippen LogP contribution in [0.2, 0.25) is 0 Å². The normalized spacial score (nSPS) is 13.5. The van der Waals surface area contributed by atoms with E-state index in [9.17, 15) is 4.79 Å². The Morgan fingerprint density at radius 2 is 1.67 bits per heavy atom. The van der Waals surface area contributed by atoms with Crippen molar-refractivity contribution >= 4 is 6.03 Å². The van der Waals surface area contributed by atoms with Crippen molar-refractivity contribution in [3.05, 3.63) is 29.8 Å². The predicted molar refractivity (Wildman–Crippen MR) is 100 cm³/mol. The molecule has 0 saturated carbocycles. The summed E-state index contributed by atoms with van der Waals surface area (Å²) in [5, 5.41) is 5.90. The number of carbonyl (C=O) groups excluding carboxylic acids is 1. The average molecular weight is 335 g/mol. The summed E-state index contributed by atoms with van der Waals surface area (Å²) < 4.78 is 5.92. The van der Waals surface area contributed by atoms with Gasteiger partial charge in [-0.25, -0.2) is 4.79 Å². The van der Waals surface area contributed by atoms with Crippen molar-refractivity contribution in [2.45, 2.75) is 79.5 Å². The maximum atomic E-state index is 12.3. The number of nitrogens with one attached hydrogen (secondary N) is 2. The first-order valence-corrected chi connectivity index (χ1v) is 8.74. The van der Waals surface area contributed by atoms with Gasteiger partial charge in [-0.05, 0) is 50.2 Å². The molecule has 1 aromatic carbocycles. The van der Waals surface area contributed by atoms with Crippen molar-refractivity contribution in [1.82, 2.24) is 10.6 Å². The van der Waals surface area contributed by atoms with E-state index in [1.807, 2.05) is 39.0 Å². The number of ether oxygens (including phenoxy) is 1. The minimum absolute atomic E-state index is 0.148. The molecule has 0 bridgehead atoms. The SMILES string of the molecule is CC(NC(=O)NC(C)(C)CC(C)(C)C)Oc1ccccc1C(C)C. The lowest BCUT2D eigenvalue weighted by molar-refractivity contribution is 0.165. The summed E-state index contributed by atoms with van der Waals surface area (Å²) in [4.78, 5) is 12.3. The fraction of sp³-hybridized carbons (Fsp3) is 0.650. The quantitative estimate of drug-likeness (QED) is 0.715. The standard InChI is InChI=1S/C20H34N2O2/c1-14(2)16-11-9-10-12-17(16)24-15(3)21-18(23)22-20(7,8)13-19(4,5)6/h9-12,14-15H,13H2,1-8H3,(H2,21,22,23). The molecule has 1 rings (SSSR count). The van der Waals surface area contributed by atoms with Gasteiger partial charge in [0, 0.05) is 5.54 Å². The summed E-state index contributed by atoms with van der Waals surface area (Å²) >= 11 is 0. The highest BCUT2D eigenvalue weighted by Gasteiger charge is 2.27. The average Bonchev–Trinajstić information content (AvgIpc) is 2.34. The second-order valence-corrected chi connectivity index (χ2v) is 8.67. The van der Waals surface area contributed by atoms with Gasteiger partial charge in [0.15, 0.2) is 6.23 Å². The highest BCUT2D eigenvalue weighted by Crippen LogP contribution is 2.27. The monoisotopic (exact) mass is 334 g/mol. The summed E-state index contributed by atoms with van der Waals surface area (Å²) in [6.45, 7) is 16.7. The van der Waals surface area contributed by atoms with E-state index in [2.05, 4.69) is 51.3 Å². The third-order valence-corrected chi connectivity index (χ3v) is 3.60. The van der Waals surface area contributed by atoms with Gasteiger partial charge in [-0.3, -0.25) is 0 Å². The maximum Gasteiger partial charge on any atom is 0.318 e. The van der Waals surface area contributed by atoms with Crippen LogP contribution in [-0.2, 0) is 0 Å². The Morgan fingerprint density at radius 3 is 2.21 bits per heavy atom. The van der Waals surface area contributed by atoms with Crippen molar-refractivity contribution in [2.24, 2.45) is 5.41 Å². The summed E-state index contributed by atoms with van der Waals surface area (Å²) in [5.74, 6) is 1.18. The van der Waals surface area contributed by atoms with E-state index in [0.29, 0.717) is 5.92 Å². The smallest absolute Gasteiger partial charge is 0.318 e. The summed E-state index contributed by atoms with van der Waals surface area (Å²) in [6.07, 6.45) is 0.481. The molecule has 136 valence electrons. The van der Waals surface area contributed by atoms with E-state index in [-0.39, 0.29) is 17.0 Å². The van der Waals surface area contributed by atoms with Gasteiger partial charge >= 0.3 is 6.03 Å². The number of benzene rings is 1. The van der Waals surface area contributed by atoms with Crippen LogP contribution < -0.4 is 15.4 Å². The Bertz CT molecular complexity index is 545. The maximum absolute atomic E-state index is 12.3. The third-order valence-electron chi connectivity index (χ3n) is 3.60. The van der Waals surface area contributed by atoms with E-state index in [1.165, 1.54) is 0 Å². The van der Waals surface area contributed by atoms with Crippen molar-refractivity contribution < 1.29 is 9.53 Å². The topological polar surface area (TPSA) is 50.4 Å². The zero-order chi connectivity index (χ0) is 18.5.